The molecule has 2 fully saturated rings. The molecule has 0 saturated carbocycles. The van der Waals surface area contributed by atoms with Crippen LogP contribution in [0.5, 0.6) is 5.75 Å². The third-order valence-electron chi connectivity index (χ3n) is 8.93. The lowest BCUT2D eigenvalue weighted by atomic mass is 9.75. The standard InChI is InChI=1S/C34H37ClN6O3/c1-24-4-3-5-29(35)32(24)31(42)19-34(2)8-10-40(11-9-34)26-6-7-30(37-22-26)28-18-27(23-41-33(28)25(20-36)21-38-41)44-17-14-39-12-15-43-16-13-39/h3-7,18,21-23H,8-17,19H2,1-2H3. The smallest absolute Gasteiger partial charge is 0.165 e. The highest BCUT2D eigenvalue weighted by Crippen LogP contribution is 2.38. The number of nitrogens with zero attached hydrogens (tertiary/aromatic N) is 6. The number of aryl methyl sites for hydroxylation is 1. The van der Waals surface area contributed by atoms with Gasteiger partial charge in [0, 0.05) is 50.3 Å². The van der Waals surface area contributed by atoms with Crippen LogP contribution in [-0.2, 0) is 4.74 Å². The van der Waals surface area contributed by atoms with E-state index in [-0.39, 0.29) is 11.2 Å². The number of nitriles is 1. The van der Waals surface area contributed by atoms with Gasteiger partial charge in [0.25, 0.3) is 0 Å². The van der Waals surface area contributed by atoms with Gasteiger partial charge in [-0.1, -0.05) is 30.7 Å². The van der Waals surface area contributed by atoms with Gasteiger partial charge in [0.15, 0.2) is 5.78 Å². The topological polar surface area (TPSA) is 96.0 Å². The van der Waals surface area contributed by atoms with Crippen molar-refractivity contribution in [2.45, 2.75) is 33.1 Å². The predicted molar refractivity (Wildman–Crippen MR) is 171 cm³/mol. The lowest BCUT2D eigenvalue weighted by Crippen LogP contribution is -2.39. The van der Waals surface area contributed by atoms with Crippen LogP contribution in [0.2, 0.25) is 5.02 Å². The van der Waals surface area contributed by atoms with E-state index in [2.05, 4.69) is 34.0 Å². The molecule has 0 unspecified atom stereocenters. The number of hydrogen-bond donors (Lipinski definition) is 0. The Morgan fingerprint density at radius 2 is 1.93 bits per heavy atom. The molecule has 2 saturated heterocycles. The van der Waals surface area contributed by atoms with Crippen molar-refractivity contribution in [1.82, 2.24) is 19.5 Å². The van der Waals surface area contributed by atoms with E-state index >= 15 is 0 Å². The van der Waals surface area contributed by atoms with Gasteiger partial charge in [0.05, 0.1) is 59.3 Å². The number of piperidine rings is 1. The summed E-state index contributed by atoms with van der Waals surface area (Å²) in [7, 11) is 0. The van der Waals surface area contributed by atoms with Crippen LogP contribution in [-0.4, -0.2) is 77.8 Å². The van der Waals surface area contributed by atoms with E-state index in [1.807, 2.05) is 43.6 Å². The largest absolute Gasteiger partial charge is 0.491 e. The van der Waals surface area contributed by atoms with E-state index < -0.39 is 0 Å². The molecule has 2 aliphatic rings. The highest BCUT2D eigenvalue weighted by molar-refractivity contribution is 6.34. The fourth-order valence-electron chi connectivity index (χ4n) is 6.25. The summed E-state index contributed by atoms with van der Waals surface area (Å²) in [5.74, 6) is 0.793. The van der Waals surface area contributed by atoms with E-state index in [1.54, 1.807) is 16.8 Å². The molecule has 6 rings (SSSR count). The Bertz CT molecular complexity index is 1660. The van der Waals surface area contributed by atoms with E-state index in [0.29, 0.717) is 40.4 Å². The van der Waals surface area contributed by atoms with Gasteiger partial charge < -0.3 is 14.4 Å². The van der Waals surface area contributed by atoms with Crippen LogP contribution in [0.15, 0.2) is 55.0 Å². The van der Waals surface area contributed by atoms with Crippen LogP contribution in [0, 0.1) is 23.7 Å². The SMILES string of the molecule is Cc1cccc(Cl)c1C(=O)CC1(C)CCN(c2ccc(-c3cc(OCCN4CCOCC4)cn4ncc(C#N)c34)nc2)CC1. The molecule has 9 nitrogen and oxygen atoms in total. The second-order valence-corrected chi connectivity index (χ2v) is 12.5. The Labute approximate surface area is 263 Å². The first-order valence-corrected chi connectivity index (χ1v) is 15.6. The molecule has 10 heteroatoms. The number of rotatable bonds is 9. The number of anilines is 1. The van der Waals surface area contributed by atoms with E-state index in [1.165, 1.54) is 0 Å². The first kappa shape index (κ1) is 30.1. The number of carbonyl (C=O) groups excluding carboxylic acids is 1. The first-order valence-electron chi connectivity index (χ1n) is 15.2. The van der Waals surface area contributed by atoms with Crippen LogP contribution in [0.1, 0.15) is 47.7 Å². The van der Waals surface area contributed by atoms with Crippen molar-refractivity contribution in [1.29, 1.82) is 5.26 Å². The zero-order valence-corrected chi connectivity index (χ0v) is 26.0. The van der Waals surface area contributed by atoms with Crippen LogP contribution in [0.3, 0.4) is 0 Å². The minimum atomic E-state index is -0.0872. The number of hydrogen-bond acceptors (Lipinski definition) is 8. The van der Waals surface area contributed by atoms with Crippen molar-refractivity contribution in [3.05, 3.63) is 76.7 Å². The number of ketones is 1. The number of Topliss-reactive ketones (excluding diaryl/α,β-unsaturated/α-hetero) is 1. The molecule has 0 atom stereocenters. The minimum Gasteiger partial charge on any atom is -0.491 e. The average molecular weight is 613 g/mol. The van der Waals surface area contributed by atoms with Crippen molar-refractivity contribution in [3.63, 3.8) is 0 Å². The van der Waals surface area contributed by atoms with Crippen molar-refractivity contribution in [2.75, 3.05) is 57.4 Å². The fourth-order valence-corrected chi connectivity index (χ4v) is 6.57. The number of aromatic nitrogens is 3. The number of morpholine rings is 1. The van der Waals surface area contributed by atoms with Crippen LogP contribution in [0.4, 0.5) is 5.69 Å². The quantitative estimate of drug-likeness (QED) is 0.218. The molecular weight excluding hydrogens is 576 g/mol. The van der Waals surface area contributed by atoms with Gasteiger partial charge in [-0.2, -0.15) is 10.4 Å². The van der Waals surface area contributed by atoms with Gasteiger partial charge in [0.2, 0.25) is 0 Å². The monoisotopic (exact) mass is 612 g/mol. The summed E-state index contributed by atoms with van der Waals surface area (Å²) < 4.78 is 13.3. The van der Waals surface area contributed by atoms with Crippen molar-refractivity contribution >= 4 is 28.6 Å². The van der Waals surface area contributed by atoms with Gasteiger partial charge in [-0.25, -0.2) is 4.52 Å². The Kier molecular flexibility index (Phi) is 8.85. The molecule has 0 spiro atoms. The Hall–Kier alpha value is -3.97. The third-order valence-corrected chi connectivity index (χ3v) is 9.25. The number of benzene rings is 1. The number of pyridine rings is 2. The summed E-state index contributed by atoms with van der Waals surface area (Å²) in [6.45, 7) is 10.5. The molecule has 1 aromatic carbocycles. The molecule has 3 aromatic heterocycles. The maximum atomic E-state index is 13.2. The Balaban J connectivity index is 1.14. The number of halogens is 1. The molecular formula is C34H37ClN6O3. The molecule has 0 aliphatic carbocycles. The molecule has 0 bridgehead atoms. The molecule has 5 heterocycles. The molecule has 0 amide bonds. The van der Waals surface area contributed by atoms with Gasteiger partial charge in [-0.3, -0.25) is 14.7 Å². The summed E-state index contributed by atoms with van der Waals surface area (Å²) in [6.07, 6.45) is 7.56. The van der Waals surface area contributed by atoms with Gasteiger partial charge >= 0.3 is 0 Å². The molecule has 0 N–H and O–H groups in total. The van der Waals surface area contributed by atoms with Gasteiger partial charge in [-0.05, 0) is 55.0 Å². The second kappa shape index (κ2) is 12.9. The molecule has 228 valence electrons. The maximum Gasteiger partial charge on any atom is 0.165 e. The van der Waals surface area contributed by atoms with Gasteiger partial charge in [0.1, 0.15) is 18.4 Å². The average Bonchev–Trinajstić information content (AvgIpc) is 3.45. The lowest BCUT2D eigenvalue weighted by Gasteiger charge is -2.40. The summed E-state index contributed by atoms with van der Waals surface area (Å²) >= 11 is 6.38. The minimum absolute atomic E-state index is 0.0872. The zero-order valence-electron chi connectivity index (χ0n) is 25.3. The van der Waals surface area contributed by atoms with Crippen LogP contribution >= 0.6 is 11.6 Å². The summed E-state index contributed by atoms with van der Waals surface area (Å²) in [4.78, 5) is 22.7. The zero-order chi connectivity index (χ0) is 30.7. The van der Waals surface area contributed by atoms with E-state index in [4.69, 9.17) is 26.1 Å². The predicted octanol–water partition coefficient (Wildman–Crippen LogP) is 5.82. The highest BCUT2D eigenvalue weighted by Gasteiger charge is 2.33. The first-order chi connectivity index (χ1) is 21.3. The molecule has 2 aliphatic heterocycles. The second-order valence-electron chi connectivity index (χ2n) is 12.1. The number of ether oxygens (including phenoxy) is 2. The molecule has 44 heavy (non-hydrogen) atoms. The van der Waals surface area contributed by atoms with Crippen molar-refractivity contribution < 1.29 is 14.3 Å². The Morgan fingerprint density at radius 3 is 2.64 bits per heavy atom. The van der Waals surface area contributed by atoms with Crippen molar-refractivity contribution in [3.8, 4) is 23.1 Å². The van der Waals surface area contributed by atoms with E-state index in [9.17, 15) is 10.1 Å². The maximum absolute atomic E-state index is 13.2. The summed E-state index contributed by atoms with van der Waals surface area (Å²) in [5.41, 5.74) is 5.27. The highest BCUT2D eigenvalue weighted by atomic mass is 35.5. The summed E-state index contributed by atoms with van der Waals surface area (Å²) in [5, 5.41) is 14.7. The number of carbonyl (C=O) groups is 1. The molecule has 0 radical (unpaired) electrons. The lowest BCUT2D eigenvalue weighted by molar-refractivity contribution is 0.0322. The number of fused-ring (bicyclic) bond motifs is 1. The third kappa shape index (κ3) is 6.43. The fraction of sp³-hybridized carbons (Fsp3) is 0.412. The summed E-state index contributed by atoms with van der Waals surface area (Å²) in [6, 6.07) is 13.9. The normalized spacial score (nSPS) is 17.0. The Morgan fingerprint density at radius 1 is 1.14 bits per heavy atom. The van der Waals surface area contributed by atoms with Crippen molar-refractivity contribution in [2.24, 2.45) is 5.41 Å². The van der Waals surface area contributed by atoms with E-state index in [0.717, 1.165) is 81.3 Å². The van der Waals surface area contributed by atoms with Crippen LogP contribution in [0.25, 0.3) is 16.8 Å². The molecule has 4 aromatic rings. The van der Waals surface area contributed by atoms with Gasteiger partial charge in [-0.15, -0.1) is 0 Å². The van der Waals surface area contributed by atoms with Crippen LogP contribution < -0.4 is 9.64 Å².